The third kappa shape index (κ3) is 4.68. The number of carbonyl (C=O) groups is 3. The molecule has 0 radical (unpaired) electrons. The summed E-state index contributed by atoms with van der Waals surface area (Å²) in [6, 6.07) is 12.7. The molecule has 2 aromatic rings. The molecule has 3 heterocycles. The number of hydrogen-bond acceptors (Lipinski definition) is 6. The Hall–Kier alpha value is -3.26. The summed E-state index contributed by atoms with van der Waals surface area (Å²) >= 11 is 0. The summed E-state index contributed by atoms with van der Waals surface area (Å²) in [6.07, 6.45) is 2.88. The van der Waals surface area contributed by atoms with Crippen LogP contribution in [0.5, 0.6) is 0 Å². The fourth-order valence-corrected chi connectivity index (χ4v) is 4.88. The number of hydrogen-bond donors (Lipinski definition) is 0. The first kappa shape index (κ1) is 23.9. The summed E-state index contributed by atoms with van der Waals surface area (Å²) < 4.78 is 4.76. The molecule has 0 atom stereocenters. The van der Waals surface area contributed by atoms with Crippen molar-refractivity contribution >= 4 is 17.9 Å². The molecule has 1 aromatic heterocycles. The van der Waals surface area contributed by atoms with Crippen molar-refractivity contribution in [3.63, 3.8) is 0 Å². The quantitative estimate of drug-likeness (QED) is 0.462. The zero-order valence-electron chi connectivity index (χ0n) is 20.1. The first-order valence-corrected chi connectivity index (χ1v) is 11.8. The fraction of sp³-hybridized carbons (Fsp3) is 0.462. The number of esters is 1. The number of aromatic nitrogens is 1. The molecule has 2 saturated heterocycles. The Morgan fingerprint density at radius 2 is 1.76 bits per heavy atom. The van der Waals surface area contributed by atoms with Crippen LogP contribution in [0.4, 0.5) is 4.79 Å². The molecule has 8 nitrogen and oxygen atoms in total. The minimum atomic E-state index is -0.790. The largest absolute Gasteiger partial charge is 0.465 e. The summed E-state index contributed by atoms with van der Waals surface area (Å²) in [5.41, 5.74) is 1.53. The Bertz CT molecular complexity index is 1030. The number of benzene rings is 1. The number of urea groups is 1. The molecule has 3 amide bonds. The van der Waals surface area contributed by atoms with Crippen LogP contribution in [0.1, 0.15) is 48.3 Å². The van der Waals surface area contributed by atoms with E-state index in [4.69, 9.17) is 4.74 Å². The second-order valence-corrected chi connectivity index (χ2v) is 9.50. The number of carbonyl (C=O) groups excluding carboxylic acids is 3. The Morgan fingerprint density at radius 1 is 1.06 bits per heavy atom. The van der Waals surface area contributed by atoms with Gasteiger partial charge in [0.2, 0.25) is 0 Å². The van der Waals surface area contributed by atoms with Crippen LogP contribution < -0.4 is 0 Å². The molecule has 0 N–H and O–H groups in total. The fourth-order valence-electron chi connectivity index (χ4n) is 4.88. The highest BCUT2D eigenvalue weighted by atomic mass is 16.5. The Labute approximate surface area is 200 Å². The van der Waals surface area contributed by atoms with Crippen molar-refractivity contribution in [3.8, 4) is 0 Å². The van der Waals surface area contributed by atoms with E-state index < -0.39 is 5.54 Å². The topological polar surface area (TPSA) is 83.0 Å². The van der Waals surface area contributed by atoms with Gasteiger partial charge in [0.05, 0.1) is 24.9 Å². The summed E-state index contributed by atoms with van der Waals surface area (Å²) in [7, 11) is 1.37. The standard InChI is InChI=1S/C26H32N4O4/c1-19(2)16-30-25(33)29(18-22-6-4-5-13-27-22)24(32)26(30)11-14-28(15-12-26)17-20-7-9-21(10-8-20)23(31)34-3/h4-10,13,19H,11-12,14-18H2,1-3H3. The molecule has 0 unspecified atom stereocenters. The van der Waals surface area contributed by atoms with Gasteiger partial charge in [-0.2, -0.15) is 0 Å². The number of imide groups is 1. The van der Waals surface area contributed by atoms with Gasteiger partial charge in [-0.1, -0.05) is 32.0 Å². The lowest BCUT2D eigenvalue weighted by atomic mass is 9.85. The number of nitrogens with zero attached hydrogens (tertiary/aromatic N) is 4. The maximum absolute atomic E-state index is 13.7. The third-order valence-corrected chi connectivity index (χ3v) is 6.68. The molecular formula is C26H32N4O4. The molecule has 0 aliphatic carbocycles. The molecular weight excluding hydrogens is 432 g/mol. The molecule has 34 heavy (non-hydrogen) atoms. The van der Waals surface area contributed by atoms with Crippen LogP contribution in [0.25, 0.3) is 0 Å². The number of likely N-dealkylation sites (tertiary alicyclic amines) is 1. The molecule has 2 aliphatic heterocycles. The van der Waals surface area contributed by atoms with E-state index in [9.17, 15) is 14.4 Å². The van der Waals surface area contributed by atoms with Gasteiger partial charge in [0.1, 0.15) is 5.54 Å². The SMILES string of the molecule is COC(=O)c1ccc(CN2CCC3(CC2)C(=O)N(Cc2ccccn2)C(=O)N3CC(C)C)cc1. The third-order valence-electron chi connectivity index (χ3n) is 6.68. The molecule has 0 saturated carbocycles. The van der Waals surface area contributed by atoms with Gasteiger partial charge in [0.25, 0.3) is 5.91 Å². The van der Waals surface area contributed by atoms with Crippen molar-refractivity contribution < 1.29 is 19.1 Å². The van der Waals surface area contributed by atoms with Crippen LogP contribution >= 0.6 is 0 Å². The van der Waals surface area contributed by atoms with Gasteiger partial charge in [-0.05, 0) is 48.6 Å². The van der Waals surface area contributed by atoms with Crippen LogP contribution in [0.15, 0.2) is 48.7 Å². The maximum atomic E-state index is 13.7. The number of amides is 3. The highest BCUT2D eigenvalue weighted by Gasteiger charge is 2.57. The molecule has 2 aliphatic rings. The van der Waals surface area contributed by atoms with Crippen molar-refractivity contribution in [2.75, 3.05) is 26.7 Å². The zero-order valence-corrected chi connectivity index (χ0v) is 20.1. The molecule has 4 rings (SSSR count). The van der Waals surface area contributed by atoms with Gasteiger partial charge in [-0.25, -0.2) is 9.59 Å². The van der Waals surface area contributed by atoms with Crippen molar-refractivity contribution in [1.29, 1.82) is 0 Å². The van der Waals surface area contributed by atoms with Gasteiger partial charge < -0.3 is 9.64 Å². The molecule has 1 spiro atoms. The number of pyridine rings is 1. The minimum Gasteiger partial charge on any atom is -0.465 e. The monoisotopic (exact) mass is 464 g/mol. The smallest absolute Gasteiger partial charge is 0.337 e. The molecule has 0 bridgehead atoms. The average Bonchev–Trinajstić information content (AvgIpc) is 3.02. The second kappa shape index (κ2) is 9.93. The zero-order chi connectivity index (χ0) is 24.3. The summed E-state index contributed by atoms with van der Waals surface area (Å²) in [5.74, 6) is -0.197. The van der Waals surface area contributed by atoms with E-state index in [-0.39, 0.29) is 30.4 Å². The van der Waals surface area contributed by atoms with E-state index in [0.717, 1.165) is 12.1 Å². The highest BCUT2D eigenvalue weighted by molar-refractivity contribution is 6.07. The minimum absolute atomic E-state index is 0.106. The highest BCUT2D eigenvalue weighted by Crippen LogP contribution is 2.38. The Balaban J connectivity index is 1.47. The van der Waals surface area contributed by atoms with Crippen molar-refractivity contribution in [2.24, 2.45) is 5.92 Å². The van der Waals surface area contributed by atoms with E-state index in [0.29, 0.717) is 43.7 Å². The number of piperidine rings is 1. The van der Waals surface area contributed by atoms with E-state index >= 15 is 0 Å². The predicted octanol–water partition coefficient (Wildman–Crippen LogP) is 3.32. The normalized spacial score (nSPS) is 18.2. The predicted molar refractivity (Wildman–Crippen MR) is 127 cm³/mol. The van der Waals surface area contributed by atoms with Crippen molar-refractivity contribution in [3.05, 3.63) is 65.5 Å². The number of methoxy groups -OCH3 is 1. The van der Waals surface area contributed by atoms with E-state index in [1.165, 1.54) is 12.0 Å². The van der Waals surface area contributed by atoms with Gasteiger partial charge in [0, 0.05) is 32.4 Å². The van der Waals surface area contributed by atoms with Gasteiger partial charge >= 0.3 is 12.0 Å². The summed E-state index contributed by atoms with van der Waals surface area (Å²) in [4.78, 5) is 48.5. The average molecular weight is 465 g/mol. The second-order valence-electron chi connectivity index (χ2n) is 9.50. The molecule has 180 valence electrons. The van der Waals surface area contributed by atoms with Crippen LogP contribution in [0, 0.1) is 5.92 Å². The maximum Gasteiger partial charge on any atom is 0.337 e. The lowest BCUT2D eigenvalue weighted by Crippen LogP contribution is -2.57. The molecule has 2 fully saturated rings. The van der Waals surface area contributed by atoms with Crippen LogP contribution in [0.3, 0.4) is 0 Å². The van der Waals surface area contributed by atoms with E-state index in [1.54, 1.807) is 18.3 Å². The van der Waals surface area contributed by atoms with E-state index in [2.05, 4.69) is 23.7 Å². The first-order valence-electron chi connectivity index (χ1n) is 11.8. The Kier molecular flexibility index (Phi) is 6.97. The molecule has 1 aromatic carbocycles. The van der Waals surface area contributed by atoms with Crippen LogP contribution in [0.2, 0.25) is 0 Å². The first-order chi connectivity index (χ1) is 16.3. The summed E-state index contributed by atoms with van der Waals surface area (Å²) in [6.45, 7) is 7.04. The Morgan fingerprint density at radius 3 is 2.35 bits per heavy atom. The van der Waals surface area contributed by atoms with Gasteiger partial charge in [-0.3, -0.25) is 19.6 Å². The summed E-state index contributed by atoms with van der Waals surface area (Å²) in [5, 5.41) is 0. The number of ether oxygens (including phenoxy) is 1. The lowest BCUT2D eigenvalue weighted by molar-refractivity contribution is -0.136. The van der Waals surface area contributed by atoms with Crippen molar-refractivity contribution in [2.45, 2.75) is 45.3 Å². The van der Waals surface area contributed by atoms with E-state index in [1.807, 2.05) is 35.2 Å². The van der Waals surface area contributed by atoms with Crippen molar-refractivity contribution in [1.82, 2.24) is 19.7 Å². The molecule has 8 heteroatoms. The lowest BCUT2D eigenvalue weighted by Gasteiger charge is -2.42. The number of rotatable bonds is 7. The van der Waals surface area contributed by atoms with Gasteiger partial charge in [0.15, 0.2) is 0 Å². The van der Waals surface area contributed by atoms with Gasteiger partial charge in [-0.15, -0.1) is 0 Å². The van der Waals surface area contributed by atoms with Crippen LogP contribution in [-0.2, 0) is 22.6 Å². The van der Waals surface area contributed by atoms with Crippen LogP contribution in [-0.4, -0.2) is 69.9 Å².